The highest BCUT2D eigenvalue weighted by atomic mass is 16.2. The topological polar surface area (TPSA) is 37.4 Å². The predicted molar refractivity (Wildman–Crippen MR) is 76.2 cm³/mol. The quantitative estimate of drug-likeness (QED) is 0.783. The number of imide groups is 1. The van der Waals surface area contributed by atoms with Crippen molar-refractivity contribution in [1.82, 2.24) is 4.90 Å². The van der Waals surface area contributed by atoms with Gasteiger partial charge in [-0.1, -0.05) is 48.0 Å². The first kappa shape index (κ1) is 12.6. The Kier molecular flexibility index (Phi) is 3.11. The third kappa shape index (κ3) is 2.23. The highest BCUT2D eigenvalue weighted by Gasteiger charge is 2.30. The molecule has 1 heterocycles. The van der Waals surface area contributed by atoms with Gasteiger partial charge in [-0.05, 0) is 24.1 Å². The van der Waals surface area contributed by atoms with Crippen LogP contribution >= 0.6 is 0 Å². The number of nitrogens with zero attached hydrogens (tertiary/aromatic N) is 1. The number of hydrogen-bond donors (Lipinski definition) is 0. The van der Waals surface area contributed by atoms with E-state index in [-0.39, 0.29) is 11.8 Å². The summed E-state index contributed by atoms with van der Waals surface area (Å²) >= 11 is 0. The summed E-state index contributed by atoms with van der Waals surface area (Å²) in [6.45, 7) is 2.35. The molecule has 1 aliphatic rings. The molecule has 0 radical (unpaired) electrons. The second kappa shape index (κ2) is 4.93. The average Bonchev–Trinajstić information content (AvgIpc) is 2.45. The summed E-state index contributed by atoms with van der Waals surface area (Å²) in [5.74, 6) is -0.327. The van der Waals surface area contributed by atoms with Crippen molar-refractivity contribution in [3.8, 4) is 0 Å². The van der Waals surface area contributed by atoms with Gasteiger partial charge in [-0.15, -0.1) is 0 Å². The van der Waals surface area contributed by atoms with Crippen molar-refractivity contribution in [3.63, 3.8) is 0 Å². The number of carbonyl (C=O) groups excluding carboxylic acids is 2. The van der Waals surface area contributed by atoms with Crippen LogP contribution in [0.3, 0.4) is 0 Å². The molecule has 3 rings (SSSR count). The molecule has 0 aromatic heterocycles. The molecule has 2 amide bonds. The molecule has 3 heteroatoms. The fourth-order valence-corrected chi connectivity index (χ4v) is 2.44. The van der Waals surface area contributed by atoms with Crippen molar-refractivity contribution in [2.75, 3.05) is 0 Å². The lowest BCUT2D eigenvalue weighted by Crippen LogP contribution is -2.41. The highest BCUT2D eigenvalue weighted by Crippen LogP contribution is 2.21. The molecule has 0 saturated heterocycles. The van der Waals surface area contributed by atoms with Crippen molar-refractivity contribution >= 4 is 11.8 Å². The molecule has 0 bridgehead atoms. The third-order valence-corrected chi connectivity index (χ3v) is 3.60. The number of rotatable bonds is 2. The number of carbonyl (C=O) groups is 2. The third-order valence-electron chi connectivity index (χ3n) is 3.60. The lowest BCUT2D eigenvalue weighted by atomic mass is 9.98. The number of hydrogen-bond acceptors (Lipinski definition) is 2. The Hall–Kier alpha value is -2.42. The van der Waals surface area contributed by atoms with E-state index >= 15 is 0 Å². The van der Waals surface area contributed by atoms with Crippen LogP contribution in [0.4, 0.5) is 0 Å². The zero-order chi connectivity index (χ0) is 14.1. The number of aryl methyl sites for hydroxylation is 1. The molecule has 2 aromatic rings. The van der Waals surface area contributed by atoms with Gasteiger partial charge in [-0.3, -0.25) is 14.5 Å². The Bertz CT molecular complexity index is 674. The molecule has 0 spiro atoms. The van der Waals surface area contributed by atoms with Crippen LogP contribution in [-0.2, 0) is 17.8 Å². The summed E-state index contributed by atoms with van der Waals surface area (Å²) in [7, 11) is 0. The summed E-state index contributed by atoms with van der Waals surface area (Å²) in [4.78, 5) is 25.9. The van der Waals surface area contributed by atoms with Crippen LogP contribution in [0.1, 0.15) is 27.0 Å². The van der Waals surface area contributed by atoms with Gasteiger partial charge >= 0.3 is 0 Å². The largest absolute Gasteiger partial charge is 0.274 e. The molecule has 100 valence electrons. The van der Waals surface area contributed by atoms with Crippen molar-refractivity contribution in [1.29, 1.82) is 0 Å². The van der Waals surface area contributed by atoms with Crippen molar-refractivity contribution < 1.29 is 9.59 Å². The molecular formula is C17H15NO2. The molecule has 0 fully saturated rings. The predicted octanol–water partition coefficient (Wildman–Crippen LogP) is 2.72. The van der Waals surface area contributed by atoms with Gasteiger partial charge in [-0.25, -0.2) is 0 Å². The zero-order valence-corrected chi connectivity index (χ0v) is 11.3. The average molecular weight is 265 g/mol. The first-order valence-electron chi connectivity index (χ1n) is 6.63. The van der Waals surface area contributed by atoms with Crippen LogP contribution in [0.15, 0.2) is 48.5 Å². The summed E-state index contributed by atoms with van der Waals surface area (Å²) in [6.07, 6.45) is 0.299. The van der Waals surface area contributed by atoms with Gasteiger partial charge in [0.05, 0.1) is 13.0 Å². The Morgan fingerprint density at radius 3 is 2.45 bits per heavy atom. The van der Waals surface area contributed by atoms with Crippen LogP contribution in [0.25, 0.3) is 0 Å². The molecule has 3 nitrogen and oxygen atoms in total. The first-order valence-corrected chi connectivity index (χ1v) is 6.63. The molecule has 0 saturated carbocycles. The Labute approximate surface area is 117 Å². The lowest BCUT2D eigenvalue weighted by molar-refractivity contribution is -0.128. The fraction of sp³-hybridized carbons (Fsp3) is 0.176. The monoisotopic (exact) mass is 265 g/mol. The van der Waals surface area contributed by atoms with E-state index in [1.807, 2.05) is 49.4 Å². The van der Waals surface area contributed by atoms with E-state index in [0.29, 0.717) is 18.5 Å². The minimum Gasteiger partial charge on any atom is -0.274 e. The summed E-state index contributed by atoms with van der Waals surface area (Å²) in [5.41, 5.74) is 3.59. The van der Waals surface area contributed by atoms with Crippen LogP contribution in [0, 0.1) is 6.92 Å². The highest BCUT2D eigenvalue weighted by molar-refractivity contribution is 6.09. The van der Waals surface area contributed by atoms with Crippen molar-refractivity contribution in [2.45, 2.75) is 19.9 Å². The SMILES string of the molecule is Cc1ccc(CN2C(=O)Cc3ccccc3C2=O)cc1. The zero-order valence-electron chi connectivity index (χ0n) is 11.3. The number of benzene rings is 2. The minimum atomic E-state index is -0.197. The van der Waals surface area contributed by atoms with Gasteiger partial charge in [0.2, 0.25) is 5.91 Å². The van der Waals surface area contributed by atoms with Gasteiger partial charge in [0.1, 0.15) is 0 Å². The number of amides is 2. The number of fused-ring (bicyclic) bond motifs is 1. The maximum atomic E-state index is 12.4. The van der Waals surface area contributed by atoms with Gasteiger partial charge in [0, 0.05) is 5.56 Å². The molecule has 2 aromatic carbocycles. The van der Waals surface area contributed by atoms with E-state index in [1.165, 1.54) is 4.90 Å². The van der Waals surface area contributed by atoms with E-state index in [9.17, 15) is 9.59 Å². The van der Waals surface area contributed by atoms with Crippen LogP contribution in [0.2, 0.25) is 0 Å². The van der Waals surface area contributed by atoms with Gasteiger partial charge in [0.25, 0.3) is 5.91 Å². The first-order chi connectivity index (χ1) is 9.65. The van der Waals surface area contributed by atoms with Gasteiger partial charge < -0.3 is 0 Å². The Morgan fingerprint density at radius 2 is 1.70 bits per heavy atom. The molecule has 20 heavy (non-hydrogen) atoms. The summed E-state index contributed by atoms with van der Waals surface area (Å²) in [5, 5.41) is 0. The summed E-state index contributed by atoms with van der Waals surface area (Å²) in [6, 6.07) is 15.2. The van der Waals surface area contributed by atoms with Gasteiger partial charge in [-0.2, -0.15) is 0 Å². The van der Waals surface area contributed by atoms with E-state index < -0.39 is 0 Å². The minimum absolute atomic E-state index is 0.130. The molecular weight excluding hydrogens is 250 g/mol. The Morgan fingerprint density at radius 1 is 1.00 bits per heavy atom. The van der Waals surface area contributed by atoms with Gasteiger partial charge in [0.15, 0.2) is 0 Å². The lowest BCUT2D eigenvalue weighted by Gasteiger charge is -2.26. The van der Waals surface area contributed by atoms with E-state index in [0.717, 1.165) is 16.7 Å². The maximum Gasteiger partial charge on any atom is 0.261 e. The normalized spacial score (nSPS) is 14.3. The standard InChI is InChI=1S/C17H15NO2/c1-12-6-8-13(9-7-12)11-18-16(19)10-14-4-2-3-5-15(14)17(18)20/h2-9H,10-11H2,1H3. The van der Waals surface area contributed by atoms with E-state index in [1.54, 1.807) is 6.07 Å². The van der Waals surface area contributed by atoms with E-state index in [2.05, 4.69) is 0 Å². The van der Waals surface area contributed by atoms with Crippen LogP contribution in [0.5, 0.6) is 0 Å². The molecule has 0 unspecified atom stereocenters. The maximum absolute atomic E-state index is 12.4. The Balaban J connectivity index is 1.89. The molecule has 0 N–H and O–H groups in total. The van der Waals surface area contributed by atoms with Crippen LogP contribution < -0.4 is 0 Å². The molecule has 1 aliphatic heterocycles. The fourth-order valence-electron chi connectivity index (χ4n) is 2.44. The van der Waals surface area contributed by atoms with E-state index in [4.69, 9.17) is 0 Å². The molecule has 0 atom stereocenters. The van der Waals surface area contributed by atoms with Crippen molar-refractivity contribution in [3.05, 3.63) is 70.8 Å². The summed E-state index contributed by atoms with van der Waals surface area (Å²) < 4.78 is 0. The van der Waals surface area contributed by atoms with Crippen LogP contribution in [-0.4, -0.2) is 16.7 Å². The van der Waals surface area contributed by atoms with Crippen molar-refractivity contribution in [2.24, 2.45) is 0 Å². The second-order valence-corrected chi connectivity index (χ2v) is 5.10. The smallest absolute Gasteiger partial charge is 0.261 e. The second-order valence-electron chi connectivity index (χ2n) is 5.10. The molecule has 0 aliphatic carbocycles.